The standard InChI is InChI=1S/C15H17BrClNO4/c16-12-9-11(17)1-2-13(12)22-8-5-14(19)18-6-3-10(4-7-18)15(20)21/h1-2,9-10H,3-8H2,(H,20,21). The first-order valence-electron chi connectivity index (χ1n) is 7.06. The van der Waals surface area contributed by atoms with E-state index >= 15 is 0 Å². The summed E-state index contributed by atoms with van der Waals surface area (Å²) in [5.74, 6) is -0.468. The molecule has 1 heterocycles. The van der Waals surface area contributed by atoms with E-state index in [1.165, 1.54) is 0 Å². The molecule has 1 amide bonds. The van der Waals surface area contributed by atoms with E-state index in [1.54, 1.807) is 23.1 Å². The van der Waals surface area contributed by atoms with Gasteiger partial charge in [-0.3, -0.25) is 9.59 Å². The number of rotatable bonds is 5. The second kappa shape index (κ2) is 7.83. The molecule has 7 heteroatoms. The lowest BCUT2D eigenvalue weighted by Gasteiger charge is -2.30. The van der Waals surface area contributed by atoms with Crippen molar-refractivity contribution in [1.82, 2.24) is 4.90 Å². The first-order valence-corrected chi connectivity index (χ1v) is 8.23. The number of amides is 1. The summed E-state index contributed by atoms with van der Waals surface area (Å²) in [7, 11) is 0. The van der Waals surface area contributed by atoms with Crippen LogP contribution in [0.15, 0.2) is 22.7 Å². The van der Waals surface area contributed by atoms with Crippen LogP contribution in [0.5, 0.6) is 5.75 Å². The maximum absolute atomic E-state index is 12.1. The average Bonchev–Trinajstić information content (AvgIpc) is 2.49. The first-order chi connectivity index (χ1) is 10.5. The Bertz CT molecular complexity index is 558. The van der Waals surface area contributed by atoms with Gasteiger partial charge in [-0.15, -0.1) is 0 Å². The van der Waals surface area contributed by atoms with Gasteiger partial charge in [-0.2, -0.15) is 0 Å². The molecular formula is C15H17BrClNO4. The van der Waals surface area contributed by atoms with Gasteiger partial charge in [0.1, 0.15) is 5.75 Å². The van der Waals surface area contributed by atoms with Crippen molar-refractivity contribution in [2.45, 2.75) is 19.3 Å². The lowest BCUT2D eigenvalue weighted by atomic mass is 9.97. The Morgan fingerprint density at radius 2 is 2.05 bits per heavy atom. The van der Waals surface area contributed by atoms with E-state index in [0.29, 0.717) is 36.7 Å². The molecule has 0 spiro atoms. The van der Waals surface area contributed by atoms with Crippen LogP contribution in [0, 0.1) is 5.92 Å². The molecule has 1 saturated heterocycles. The molecule has 0 atom stereocenters. The Balaban J connectivity index is 1.75. The maximum Gasteiger partial charge on any atom is 0.306 e. The summed E-state index contributed by atoms with van der Waals surface area (Å²) in [6.07, 6.45) is 1.31. The van der Waals surface area contributed by atoms with Crippen LogP contribution in [-0.2, 0) is 9.59 Å². The highest BCUT2D eigenvalue weighted by atomic mass is 79.9. The third kappa shape index (κ3) is 4.61. The highest BCUT2D eigenvalue weighted by Gasteiger charge is 2.26. The van der Waals surface area contributed by atoms with Gasteiger partial charge < -0.3 is 14.7 Å². The molecule has 1 aromatic rings. The van der Waals surface area contributed by atoms with E-state index in [0.717, 1.165) is 4.47 Å². The summed E-state index contributed by atoms with van der Waals surface area (Å²) in [6.45, 7) is 1.28. The summed E-state index contributed by atoms with van der Waals surface area (Å²) in [5, 5.41) is 9.55. The number of halogens is 2. The van der Waals surface area contributed by atoms with Crippen LogP contribution in [0.2, 0.25) is 5.02 Å². The molecule has 0 aliphatic carbocycles. The number of aliphatic carboxylic acids is 1. The second-order valence-electron chi connectivity index (χ2n) is 5.17. The largest absolute Gasteiger partial charge is 0.492 e. The Morgan fingerprint density at radius 3 is 2.64 bits per heavy atom. The summed E-state index contributed by atoms with van der Waals surface area (Å²) in [6, 6.07) is 5.20. The fourth-order valence-electron chi connectivity index (χ4n) is 2.37. The number of carboxylic acids is 1. The number of piperidine rings is 1. The van der Waals surface area contributed by atoms with Gasteiger partial charge in [-0.05, 0) is 47.0 Å². The minimum Gasteiger partial charge on any atom is -0.492 e. The second-order valence-corrected chi connectivity index (χ2v) is 6.46. The summed E-state index contributed by atoms with van der Waals surface area (Å²) >= 11 is 9.20. The van der Waals surface area contributed by atoms with E-state index < -0.39 is 5.97 Å². The van der Waals surface area contributed by atoms with Crippen LogP contribution in [-0.4, -0.2) is 41.6 Å². The van der Waals surface area contributed by atoms with Gasteiger partial charge in [-0.1, -0.05) is 11.6 Å². The molecular weight excluding hydrogens is 374 g/mol. The minimum atomic E-state index is -0.775. The van der Waals surface area contributed by atoms with E-state index in [2.05, 4.69) is 15.9 Å². The molecule has 120 valence electrons. The molecule has 1 N–H and O–H groups in total. The smallest absolute Gasteiger partial charge is 0.306 e. The third-order valence-corrected chi connectivity index (χ3v) is 4.52. The Labute approximate surface area is 142 Å². The average molecular weight is 391 g/mol. The number of nitrogens with zero attached hydrogens (tertiary/aromatic N) is 1. The monoisotopic (exact) mass is 389 g/mol. The van der Waals surface area contributed by atoms with Crippen molar-refractivity contribution in [3.63, 3.8) is 0 Å². The number of carbonyl (C=O) groups excluding carboxylic acids is 1. The van der Waals surface area contributed by atoms with Crippen molar-refractivity contribution in [1.29, 1.82) is 0 Å². The van der Waals surface area contributed by atoms with Gasteiger partial charge in [-0.25, -0.2) is 0 Å². The topological polar surface area (TPSA) is 66.8 Å². The van der Waals surface area contributed by atoms with Crippen LogP contribution in [0.1, 0.15) is 19.3 Å². The molecule has 0 bridgehead atoms. The Hall–Kier alpha value is -1.27. The van der Waals surface area contributed by atoms with E-state index in [4.69, 9.17) is 21.4 Å². The highest BCUT2D eigenvalue weighted by Crippen LogP contribution is 2.28. The summed E-state index contributed by atoms with van der Waals surface area (Å²) in [5.41, 5.74) is 0. The number of likely N-dealkylation sites (tertiary alicyclic amines) is 1. The lowest BCUT2D eigenvalue weighted by Crippen LogP contribution is -2.40. The van der Waals surface area contributed by atoms with Gasteiger partial charge in [0.15, 0.2) is 0 Å². The van der Waals surface area contributed by atoms with E-state index in [9.17, 15) is 9.59 Å². The quantitative estimate of drug-likeness (QED) is 0.838. The number of ether oxygens (including phenoxy) is 1. The first kappa shape index (κ1) is 17.1. The van der Waals surface area contributed by atoms with Crippen molar-refractivity contribution in [2.24, 2.45) is 5.92 Å². The predicted octanol–water partition coefficient (Wildman–Crippen LogP) is 3.19. The molecule has 1 aliphatic heterocycles. The van der Waals surface area contributed by atoms with Crippen LogP contribution in [0.25, 0.3) is 0 Å². The normalized spacial score (nSPS) is 15.6. The van der Waals surface area contributed by atoms with Gasteiger partial charge in [0, 0.05) is 18.1 Å². The summed E-state index contributed by atoms with van der Waals surface area (Å²) < 4.78 is 6.31. The van der Waals surface area contributed by atoms with Crippen LogP contribution < -0.4 is 4.74 Å². The number of benzene rings is 1. The predicted molar refractivity (Wildman–Crippen MR) is 86.2 cm³/mol. The Kier molecular flexibility index (Phi) is 6.08. The molecule has 0 aromatic heterocycles. The number of hydrogen-bond acceptors (Lipinski definition) is 3. The molecule has 1 fully saturated rings. The molecule has 0 saturated carbocycles. The maximum atomic E-state index is 12.1. The molecule has 1 aliphatic rings. The van der Waals surface area contributed by atoms with Gasteiger partial charge in [0.25, 0.3) is 0 Å². The molecule has 0 radical (unpaired) electrons. The zero-order valence-corrected chi connectivity index (χ0v) is 14.3. The molecule has 5 nitrogen and oxygen atoms in total. The lowest BCUT2D eigenvalue weighted by molar-refractivity contribution is -0.145. The molecule has 22 heavy (non-hydrogen) atoms. The van der Waals surface area contributed by atoms with Crippen molar-refractivity contribution in [3.05, 3.63) is 27.7 Å². The minimum absolute atomic E-state index is 0.00563. The molecule has 2 rings (SSSR count). The van der Waals surface area contributed by atoms with Gasteiger partial charge in [0.2, 0.25) is 5.91 Å². The third-order valence-electron chi connectivity index (χ3n) is 3.66. The molecule has 0 unspecified atom stereocenters. The van der Waals surface area contributed by atoms with Crippen molar-refractivity contribution < 1.29 is 19.4 Å². The fraction of sp³-hybridized carbons (Fsp3) is 0.467. The number of hydrogen-bond donors (Lipinski definition) is 1. The zero-order chi connectivity index (χ0) is 16.1. The van der Waals surface area contributed by atoms with Crippen LogP contribution >= 0.6 is 27.5 Å². The van der Waals surface area contributed by atoms with Crippen molar-refractivity contribution in [3.8, 4) is 5.75 Å². The number of carbonyl (C=O) groups is 2. The van der Waals surface area contributed by atoms with Crippen molar-refractivity contribution >= 4 is 39.4 Å². The van der Waals surface area contributed by atoms with E-state index in [1.807, 2.05) is 0 Å². The van der Waals surface area contributed by atoms with E-state index in [-0.39, 0.29) is 24.9 Å². The zero-order valence-electron chi connectivity index (χ0n) is 11.9. The van der Waals surface area contributed by atoms with Crippen molar-refractivity contribution in [2.75, 3.05) is 19.7 Å². The van der Waals surface area contributed by atoms with Gasteiger partial charge >= 0.3 is 5.97 Å². The van der Waals surface area contributed by atoms with Gasteiger partial charge in [0.05, 0.1) is 23.4 Å². The number of carboxylic acid groups (broad SMARTS) is 1. The SMILES string of the molecule is O=C(O)C1CCN(C(=O)CCOc2ccc(Cl)cc2Br)CC1. The molecule has 1 aromatic carbocycles. The van der Waals surface area contributed by atoms with Crippen LogP contribution in [0.3, 0.4) is 0 Å². The summed E-state index contributed by atoms with van der Waals surface area (Å²) in [4.78, 5) is 24.7. The Morgan fingerprint density at radius 1 is 1.36 bits per heavy atom. The highest BCUT2D eigenvalue weighted by molar-refractivity contribution is 9.10. The fourth-order valence-corrected chi connectivity index (χ4v) is 3.17. The van der Waals surface area contributed by atoms with Crippen LogP contribution in [0.4, 0.5) is 0 Å².